The Morgan fingerprint density at radius 3 is 2.43 bits per heavy atom. The fourth-order valence-corrected chi connectivity index (χ4v) is 1.76. The van der Waals surface area contributed by atoms with Crippen LogP contribution in [0, 0.1) is 5.82 Å². The Kier molecular flexibility index (Phi) is 2.52. The summed E-state index contributed by atoms with van der Waals surface area (Å²) >= 11 is 0. The van der Waals surface area contributed by atoms with Crippen LogP contribution in [0.2, 0.25) is 0 Å². The maximum absolute atomic E-state index is 12.7. The molecule has 2 rings (SSSR count). The fourth-order valence-electron chi connectivity index (χ4n) is 1.76. The van der Waals surface area contributed by atoms with Crippen molar-refractivity contribution in [1.82, 2.24) is 4.90 Å². The Bertz CT molecular complexity index is 306. The van der Waals surface area contributed by atoms with Gasteiger partial charge in [-0.2, -0.15) is 0 Å². The minimum Gasteiger partial charge on any atom is -0.390 e. The highest BCUT2D eigenvalue weighted by Crippen LogP contribution is 2.25. The first kappa shape index (κ1) is 9.62. The molecule has 0 unspecified atom stereocenters. The number of β-amino-alcohol motifs (C(OH)–C–C–N with tert-alkyl or cyclic N) is 1. The minimum atomic E-state index is -0.204. The maximum Gasteiger partial charge on any atom is 0.123 e. The maximum atomic E-state index is 12.7. The molecule has 14 heavy (non-hydrogen) atoms. The number of hydrogen-bond acceptors (Lipinski definition) is 2. The van der Waals surface area contributed by atoms with E-state index in [9.17, 15) is 4.39 Å². The van der Waals surface area contributed by atoms with Crippen molar-refractivity contribution in [2.75, 3.05) is 13.1 Å². The quantitative estimate of drug-likeness (QED) is 0.774. The third-order valence-electron chi connectivity index (χ3n) is 2.79. The van der Waals surface area contributed by atoms with E-state index in [0.717, 1.165) is 18.7 Å². The van der Waals surface area contributed by atoms with Crippen LogP contribution in [0.3, 0.4) is 0 Å². The second-order valence-electron chi connectivity index (χ2n) is 3.84. The standard InChI is InChI=1S/C11H14FNO/c1-8(13-6-11(14)7-13)9-2-4-10(12)5-3-9/h2-5,8,11,14H,6-7H2,1H3/t8-/m1/s1. The Morgan fingerprint density at radius 1 is 1.36 bits per heavy atom. The van der Waals surface area contributed by atoms with E-state index in [1.165, 1.54) is 12.1 Å². The Balaban J connectivity index is 2.04. The molecule has 1 N–H and O–H groups in total. The second kappa shape index (κ2) is 3.67. The molecule has 2 nitrogen and oxygen atoms in total. The molecule has 1 saturated heterocycles. The second-order valence-corrected chi connectivity index (χ2v) is 3.84. The van der Waals surface area contributed by atoms with Crippen molar-refractivity contribution in [3.8, 4) is 0 Å². The Hall–Kier alpha value is -0.930. The summed E-state index contributed by atoms with van der Waals surface area (Å²) in [7, 11) is 0. The normalized spacial score (nSPS) is 20.5. The number of rotatable bonds is 2. The first-order valence-corrected chi connectivity index (χ1v) is 4.84. The molecule has 0 aromatic heterocycles. The zero-order valence-electron chi connectivity index (χ0n) is 8.15. The third-order valence-corrected chi connectivity index (χ3v) is 2.79. The molecule has 3 heteroatoms. The third kappa shape index (κ3) is 1.79. The number of hydrogen-bond donors (Lipinski definition) is 1. The lowest BCUT2D eigenvalue weighted by atomic mass is 10.0. The Morgan fingerprint density at radius 2 is 1.93 bits per heavy atom. The van der Waals surface area contributed by atoms with Gasteiger partial charge in [0.1, 0.15) is 5.82 Å². The largest absolute Gasteiger partial charge is 0.390 e. The highest BCUT2D eigenvalue weighted by molar-refractivity contribution is 5.20. The van der Waals surface area contributed by atoms with Crippen LogP contribution in [0.15, 0.2) is 24.3 Å². The van der Waals surface area contributed by atoms with Crippen molar-refractivity contribution in [3.05, 3.63) is 35.6 Å². The smallest absolute Gasteiger partial charge is 0.123 e. The molecule has 0 saturated carbocycles. The van der Waals surface area contributed by atoms with Gasteiger partial charge in [-0.15, -0.1) is 0 Å². The molecule has 76 valence electrons. The molecule has 1 aromatic carbocycles. The van der Waals surface area contributed by atoms with Crippen LogP contribution in [-0.2, 0) is 0 Å². The van der Waals surface area contributed by atoms with E-state index in [-0.39, 0.29) is 18.0 Å². The molecule has 1 atom stereocenters. The molecular weight excluding hydrogens is 181 g/mol. The SMILES string of the molecule is C[C@H](c1ccc(F)cc1)N1CC(O)C1. The monoisotopic (exact) mass is 195 g/mol. The summed E-state index contributed by atoms with van der Waals surface area (Å²) in [6, 6.07) is 6.80. The van der Waals surface area contributed by atoms with Crippen molar-refractivity contribution in [2.45, 2.75) is 19.1 Å². The summed E-state index contributed by atoms with van der Waals surface area (Å²) in [6.07, 6.45) is -0.183. The van der Waals surface area contributed by atoms with Crippen LogP contribution in [0.5, 0.6) is 0 Å². The van der Waals surface area contributed by atoms with E-state index < -0.39 is 0 Å². The van der Waals surface area contributed by atoms with E-state index in [2.05, 4.69) is 11.8 Å². The van der Waals surface area contributed by atoms with Gasteiger partial charge >= 0.3 is 0 Å². The minimum absolute atomic E-state index is 0.183. The van der Waals surface area contributed by atoms with Gasteiger partial charge in [0.25, 0.3) is 0 Å². The van der Waals surface area contributed by atoms with Gasteiger partial charge in [0.2, 0.25) is 0 Å². The number of nitrogens with zero attached hydrogens (tertiary/aromatic N) is 1. The lowest BCUT2D eigenvalue weighted by Crippen LogP contribution is -2.51. The summed E-state index contributed by atoms with van der Waals surface area (Å²) in [6.45, 7) is 3.51. The topological polar surface area (TPSA) is 23.5 Å². The van der Waals surface area contributed by atoms with Gasteiger partial charge in [-0.1, -0.05) is 12.1 Å². The predicted octanol–water partition coefficient (Wildman–Crippen LogP) is 1.56. The zero-order valence-corrected chi connectivity index (χ0v) is 8.15. The number of halogens is 1. The fraction of sp³-hybridized carbons (Fsp3) is 0.455. The lowest BCUT2D eigenvalue weighted by molar-refractivity contribution is -0.0211. The molecular formula is C11H14FNO. The van der Waals surface area contributed by atoms with Crippen LogP contribution in [0.1, 0.15) is 18.5 Å². The van der Waals surface area contributed by atoms with Crippen LogP contribution < -0.4 is 0 Å². The van der Waals surface area contributed by atoms with E-state index in [4.69, 9.17) is 5.11 Å². The van der Waals surface area contributed by atoms with Gasteiger partial charge in [0.05, 0.1) is 6.10 Å². The summed E-state index contributed by atoms with van der Waals surface area (Å²) in [4.78, 5) is 2.16. The number of aliphatic hydroxyl groups excluding tert-OH is 1. The summed E-state index contributed by atoms with van der Waals surface area (Å²) in [5.41, 5.74) is 1.10. The van der Waals surface area contributed by atoms with E-state index >= 15 is 0 Å². The average molecular weight is 195 g/mol. The summed E-state index contributed by atoms with van der Waals surface area (Å²) in [5, 5.41) is 9.16. The van der Waals surface area contributed by atoms with Crippen LogP contribution in [-0.4, -0.2) is 29.2 Å². The van der Waals surface area contributed by atoms with E-state index in [0.29, 0.717) is 0 Å². The van der Waals surface area contributed by atoms with Crippen molar-refractivity contribution in [2.24, 2.45) is 0 Å². The predicted molar refractivity (Wildman–Crippen MR) is 52.4 cm³/mol. The molecule has 0 bridgehead atoms. The highest BCUT2D eigenvalue weighted by Gasteiger charge is 2.28. The molecule has 1 fully saturated rings. The molecule has 0 amide bonds. The lowest BCUT2D eigenvalue weighted by Gasteiger charge is -2.40. The van der Waals surface area contributed by atoms with Gasteiger partial charge in [-0.25, -0.2) is 4.39 Å². The number of aliphatic hydroxyl groups is 1. The first-order valence-electron chi connectivity index (χ1n) is 4.84. The van der Waals surface area contributed by atoms with Gasteiger partial charge in [-0.05, 0) is 24.6 Å². The average Bonchev–Trinajstić information content (AvgIpc) is 2.13. The molecule has 1 heterocycles. The van der Waals surface area contributed by atoms with Crippen molar-refractivity contribution in [3.63, 3.8) is 0 Å². The van der Waals surface area contributed by atoms with Gasteiger partial charge in [-0.3, -0.25) is 4.90 Å². The van der Waals surface area contributed by atoms with Crippen molar-refractivity contribution in [1.29, 1.82) is 0 Å². The first-order chi connectivity index (χ1) is 6.66. The number of likely N-dealkylation sites (tertiary alicyclic amines) is 1. The van der Waals surface area contributed by atoms with Gasteiger partial charge in [0.15, 0.2) is 0 Å². The molecule has 1 aliphatic rings. The summed E-state index contributed by atoms with van der Waals surface area (Å²) < 4.78 is 12.7. The Labute approximate surface area is 83.0 Å². The zero-order chi connectivity index (χ0) is 10.1. The molecule has 1 aliphatic heterocycles. The van der Waals surface area contributed by atoms with E-state index in [1.54, 1.807) is 12.1 Å². The van der Waals surface area contributed by atoms with Crippen LogP contribution in [0.4, 0.5) is 4.39 Å². The highest BCUT2D eigenvalue weighted by atomic mass is 19.1. The van der Waals surface area contributed by atoms with Crippen LogP contribution in [0.25, 0.3) is 0 Å². The summed E-state index contributed by atoms with van der Waals surface area (Å²) in [5.74, 6) is -0.204. The molecule has 0 spiro atoms. The molecule has 0 aliphatic carbocycles. The number of benzene rings is 1. The molecule has 1 aromatic rings. The van der Waals surface area contributed by atoms with E-state index in [1.807, 2.05) is 0 Å². The van der Waals surface area contributed by atoms with Crippen molar-refractivity contribution < 1.29 is 9.50 Å². The van der Waals surface area contributed by atoms with Crippen LogP contribution >= 0.6 is 0 Å². The van der Waals surface area contributed by atoms with Gasteiger partial charge < -0.3 is 5.11 Å². The van der Waals surface area contributed by atoms with Crippen molar-refractivity contribution >= 4 is 0 Å². The van der Waals surface area contributed by atoms with Gasteiger partial charge in [0, 0.05) is 19.1 Å². The molecule has 0 radical (unpaired) electrons.